The van der Waals surface area contributed by atoms with Crippen LogP contribution in [0.3, 0.4) is 0 Å². The summed E-state index contributed by atoms with van der Waals surface area (Å²) < 4.78 is 0.928. The molecule has 0 atom stereocenters. The molecule has 0 unspecified atom stereocenters. The van der Waals surface area contributed by atoms with Gasteiger partial charge in [-0.05, 0) is 30.3 Å². The Labute approximate surface area is 124 Å². The van der Waals surface area contributed by atoms with Gasteiger partial charge in [-0.25, -0.2) is 0 Å². The second kappa shape index (κ2) is 5.43. The maximum atomic E-state index is 12.2. The SMILES string of the molecule is O=C(Nc1ccccc1)c1cnc2cccc(Br)c2c1. The number of nitrogens with one attached hydrogen (secondary N) is 1. The normalized spacial score (nSPS) is 10.4. The zero-order valence-corrected chi connectivity index (χ0v) is 12.1. The fraction of sp³-hybridized carbons (Fsp3) is 0. The van der Waals surface area contributed by atoms with Gasteiger partial charge in [0.05, 0.1) is 11.1 Å². The van der Waals surface area contributed by atoms with Crippen molar-refractivity contribution >= 4 is 38.4 Å². The number of anilines is 1. The van der Waals surface area contributed by atoms with Crippen LogP contribution in [0.15, 0.2) is 65.3 Å². The monoisotopic (exact) mass is 326 g/mol. The Morgan fingerprint density at radius 3 is 2.65 bits per heavy atom. The highest BCUT2D eigenvalue weighted by Gasteiger charge is 2.08. The van der Waals surface area contributed by atoms with Crippen LogP contribution in [0.25, 0.3) is 10.9 Å². The minimum atomic E-state index is -0.165. The van der Waals surface area contributed by atoms with Crippen molar-refractivity contribution in [1.29, 1.82) is 0 Å². The molecule has 98 valence electrons. The first-order chi connectivity index (χ1) is 9.74. The Morgan fingerprint density at radius 1 is 1.05 bits per heavy atom. The molecule has 0 bridgehead atoms. The van der Waals surface area contributed by atoms with Crippen molar-refractivity contribution < 1.29 is 4.79 Å². The van der Waals surface area contributed by atoms with E-state index in [1.807, 2.05) is 54.6 Å². The molecule has 1 amide bonds. The quantitative estimate of drug-likeness (QED) is 0.764. The molecular formula is C16H11BrN2O. The fourth-order valence-corrected chi connectivity index (χ4v) is 2.43. The molecule has 2 aromatic carbocycles. The van der Waals surface area contributed by atoms with Crippen LogP contribution in [0.4, 0.5) is 5.69 Å². The van der Waals surface area contributed by atoms with Gasteiger partial charge in [0, 0.05) is 21.7 Å². The lowest BCUT2D eigenvalue weighted by molar-refractivity contribution is 0.102. The molecule has 0 saturated carbocycles. The van der Waals surface area contributed by atoms with Gasteiger partial charge >= 0.3 is 0 Å². The van der Waals surface area contributed by atoms with E-state index >= 15 is 0 Å². The Hall–Kier alpha value is -2.20. The maximum Gasteiger partial charge on any atom is 0.257 e. The minimum absolute atomic E-state index is 0.165. The highest BCUT2D eigenvalue weighted by Crippen LogP contribution is 2.23. The Bertz CT molecular complexity index is 772. The third kappa shape index (κ3) is 2.56. The summed E-state index contributed by atoms with van der Waals surface area (Å²) in [5, 5.41) is 3.77. The highest BCUT2D eigenvalue weighted by atomic mass is 79.9. The third-order valence-electron chi connectivity index (χ3n) is 2.97. The number of amides is 1. The van der Waals surface area contributed by atoms with Gasteiger partial charge in [-0.3, -0.25) is 9.78 Å². The molecule has 0 aliphatic carbocycles. The van der Waals surface area contributed by atoms with Crippen molar-refractivity contribution in [2.24, 2.45) is 0 Å². The van der Waals surface area contributed by atoms with Crippen LogP contribution in [0.5, 0.6) is 0 Å². The lowest BCUT2D eigenvalue weighted by Crippen LogP contribution is -2.12. The molecule has 0 saturated heterocycles. The van der Waals surface area contributed by atoms with Gasteiger partial charge in [-0.2, -0.15) is 0 Å². The van der Waals surface area contributed by atoms with Crippen molar-refractivity contribution in [3.63, 3.8) is 0 Å². The maximum absolute atomic E-state index is 12.2. The number of carbonyl (C=O) groups is 1. The number of para-hydroxylation sites is 1. The number of hydrogen-bond donors (Lipinski definition) is 1. The minimum Gasteiger partial charge on any atom is -0.322 e. The summed E-state index contributed by atoms with van der Waals surface area (Å²) in [7, 11) is 0. The van der Waals surface area contributed by atoms with Crippen LogP contribution >= 0.6 is 15.9 Å². The van der Waals surface area contributed by atoms with E-state index in [4.69, 9.17) is 0 Å². The molecule has 0 aliphatic rings. The van der Waals surface area contributed by atoms with Gasteiger partial charge in [-0.15, -0.1) is 0 Å². The smallest absolute Gasteiger partial charge is 0.257 e. The average Bonchev–Trinajstić information content (AvgIpc) is 2.48. The topological polar surface area (TPSA) is 42.0 Å². The van der Waals surface area contributed by atoms with Crippen LogP contribution in [0.1, 0.15) is 10.4 Å². The van der Waals surface area contributed by atoms with E-state index in [0.29, 0.717) is 5.56 Å². The number of fused-ring (bicyclic) bond motifs is 1. The van der Waals surface area contributed by atoms with Crippen LogP contribution in [0, 0.1) is 0 Å². The first kappa shape index (κ1) is 12.8. The molecule has 0 spiro atoms. The van der Waals surface area contributed by atoms with Gasteiger partial charge in [-0.1, -0.05) is 40.2 Å². The lowest BCUT2D eigenvalue weighted by atomic mass is 10.1. The number of aromatic nitrogens is 1. The molecule has 1 heterocycles. The Morgan fingerprint density at radius 2 is 1.85 bits per heavy atom. The molecule has 0 fully saturated rings. The highest BCUT2D eigenvalue weighted by molar-refractivity contribution is 9.10. The van der Waals surface area contributed by atoms with Crippen LogP contribution < -0.4 is 5.32 Å². The molecule has 4 heteroatoms. The lowest BCUT2D eigenvalue weighted by Gasteiger charge is -2.06. The van der Waals surface area contributed by atoms with E-state index in [1.54, 1.807) is 6.20 Å². The van der Waals surface area contributed by atoms with Crippen LogP contribution in [-0.2, 0) is 0 Å². The largest absolute Gasteiger partial charge is 0.322 e. The molecule has 0 radical (unpaired) electrons. The third-order valence-corrected chi connectivity index (χ3v) is 3.66. The predicted molar refractivity (Wildman–Crippen MR) is 83.8 cm³/mol. The second-order valence-corrected chi connectivity index (χ2v) is 5.21. The van der Waals surface area contributed by atoms with Crippen LogP contribution in [0.2, 0.25) is 0 Å². The summed E-state index contributed by atoms with van der Waals surface area (Å²) in [5.74, 6) is -0.165. The number of nitrogens with zero attached hydrogens (tertiary/aromatic N) is 1. The summed E-state index contributed by atoms with van der Waals surface area (Å²) in [5.41, 5.74) is 2.16. The zero-order valence-electron chi connectivity index (χ0n) is 10.5. The molecule has 3 rings (SSSR count). The summed E-state index contributed by atoms with van der Waals surface area (Å²) in [4.78, 5) is 16.5. The number of hydrogen-bond acceptors (Lipinski definition) is 2. The fourth-order valence-electron chi connectivity index (χ4n) is 1.96. The first-order valence-corrected chi connectivity index (χ1v) is 6.94. The van der Waals surface area contributed by atoms with Crippen LogP contribution in [-0.4, -0.2) is 10.9 Å². The molecule has 1 N–H and O–H groups in total. The molecule has 0 aliphatic heterocycles. The number of benzene rings is 2. The van der Waals surface area contributed by atoms with Crippen molar-refractivity contribution in [2.45, 2.75) is 0 Å². The van der Waals surface area contributed by atoms with E-state index in [-0.39, 0.29) is 5.91 Å². The number of pyridine rings is 1. The zero-order chi connectivity index (χ0) is 13.9. The summed E-state index contributed by atoms with van der Waals surface area (Å²) >= 11 is 3.48. The number of rotatable bonds is 2. The van der Waals surface area contributed by atoms with E-state index < -0.39 is 0 Å². The van der Waals surface area contributed by atoms with E-state index in [1.165, 1.54) is 0 Å². The van der Waals surface area contributed by atoms with Crippen molar-refractivity contribution in [1.82, 2.24) is 4.98 Å². The van der Waals surface area contributed by atoms with Crippen molar-refractivity contribution in [2.75, 3.05) is 5.32 Å². The Balaban J connectivity index is 1.94. The molecular weight excluding hydrogens is 316 g/mol. The standard InChI is InChI=1S/C16H11BrN2O/c17-14-7-4-8-15-13(14)9-11(10-18-15)16(20)19-12-5-2-1-3-6-12/h1-10H,(H,19,20). The van der Waals surface area contributed by atoms with E-state index in [0.717, 1.165) is 21.1 Å². The summed E-state index contributed by atoms with van der Waals surface area (Å²) in [6.07, 6.45) is 1.59. The average molecular weight is 327 g/mol. The number of halogens is 1. The van der Waals surface area contributed by atoms with Gasteiger partial charge < -0.3 is 5.32 Å². The van der Waals surface area contributed by atoms with Gasteiger partial charge in [0.25, 0.3) is 5.91 Å². The summed E-state index contributed by atoms with van der Waals surface area (Å²) in [6.45, 7) is 0. The van der Waals surface area contributed by atoms with Gasteiger partial charge in [0.15, 0.2) is 0 Å². The van der Waals surface area contributed by atoms with E-state index in [2.05, 4.69) is 26.2 Å². The van der Waals surface area contributed by atoms with Gasteiger partial charge in [0.2, 0.25) is 0 Å². The first-order valence-electron chi connectivity index (χ1n) is 6.15. The van der Waals surface area contributed by atoms with Crippen molar-refractivity contribution in [3.8, 4) is 0 Å². The molecule has 1 aromatic heterocycles. The van der Waals surface area contributed by atoms with E-state index in [9.17, 15) is 4.79 Å². The second-order valence-electron chi connectivity index (χ2n) is 4.35. The van der Waals surface area contributed by atoms with Crippen molar-refractivity contribution in [3.05, 3.63) is 70.8 Å². The molecule has 3 nitrogen and oxygen atoms in total. The Kier molecular flexibility index (Phi) is 3.48. The molecule has 3 aromatic rings. The molecule has 20 heavy (non-hydrogen) atoms. The van der Waals surface area contributed by atoms with Gasteiger partial charge in [0.1, 0.15) is 0 Å². The number of carbonyl (C=O) groups excluding carboxylic acids is 1. The predicted octanol–water partition coefficient (Wildman–Crippen LogP) is 4.25. The summed E-state index contributed by atoms with van der Waals surface area (Å²) in [6, 6.07) is 17.0.